The molecule has 0 spiro atoms. The molecule has 1 saturated heterocycles. The second-order valence-corrected chi connectivity index (χ2v) is 9.46. The van der Waals surface area contributed by atoms with E-state index in [1.807, 2.05) is 25.4 Å². The van der Waals surface area contributed by atoms with Crippen LogP contribution in [0.15, 0.2) is 47.8 Å². The Morgan fingerprint density at radius 3 is 2.65 bits per heavy atom. The Hall–Kier alpha value is -2.06. The topological polar surface area (TPSA) is 67.1 Å². The standard InChI is InChI=1S/C22H22Cl2FN5S/c1-13(20-17(23)2-3-18(25)21(20)24)31-19-9-15(11-29-22(19)26)14-8-16(12-28-10-14)30-6-4-27-5-7-30/h2-3,8-13,27H,4-7H2,1H3,(H2,26,29). The fraction of sp³-hybridized carbons (Fsp3) is 0.273. The molecule has 1 atom stereocenters. The quantitative estimate of drug-likeness (QED) is 0.376. The highest BCUT2D eigenvalue weighted by molar-refractivity contribution is 7.99. The van der Waals surface area contributed by atoms with E-state index in [0.29, 0.717) is 16.4 Å². The van der Waals surface area contributed by atoms with Gasteiger partial charge in [0.1, 0.15) is 11.6 Å². The maximum absolute atomic E-state index is 14.0. The van der Waals surface area contributed by atoms with E-state index in [-0.39, 0.29) is 10.3 Å². The maximum Gasteiger partial charge on any atom is 0.142 e. The summed E-state index contributed by atoms with van der Waals surface area (Å²) in [6.07, 6.45) is 5.44. The van der Waals surface area contributed by atoms with Crippen molar-refractivity contribution in [3.05, 3.63) is 64.3 Å². The monoisotopic (exact) mass is 477 g/mol. The number of piperazine rings is 1. The molecule has 1 fully saturated rings. The lowest BCUT2D eigenvalue weighted by atomic mass is 10.1. The van der Waals surface area contributed by atoms with Crippen LogP contribution in [0.1, 0.15) is 17.7 Å². The molecule has 4 rings (SSSR count). The van der Waals surface area contributed by atoms with Gasteiger partial charge in [-0.2, -0.15) is 0 Å². The first-order chi connectivity index (χ1) is 14.9. The van der Waals surface area contributed by atoms with Gasteiger partial charge in [-0.25, -0.2) is 9.37 Å². The van der Waals surface area contributed by atoms with E-state index < -0.39 is 5.82 Å². The molecule has 3 aromatic rings. The smallest absolute Gasteiger partial charge is 0.142 e. The predicted octanol–water partition coefficient (Wildman–Crippen LogP) is 5.43. The third-order valence-electron chi connectivity index (χ3n) is 5.21. The summed E-state index contributed by atoms with van der Waals surface area (Å²) in [5, 5.41) is 3.58. The zero-order valence-corrected chi connectivity index (χ0v) is 19.2. The third-order valence-corrected chi connectivity index (χ3v) is 7.09. The van der Waals surface area contributed by atoms with Gasteiger partial charge in [0.05, 0.1) is 21.8 Å². The number of anilines is 2. The highest BCUT2D eigenvalue weighted by atomic mass is 35.5. The molecule has 31 heavy (non-hydrogen) atoms. The third kappa shape index (κ3) is 4.90. The summed E-state index contributed by atoms with van der Waals surface area (Å²) in [5.41, 5.74) is 9.63. The van der Waals surface area contributed by atoms with Gasteiger partial charge in [-0.15, -0.1) is 11.8 Å². The van der Waals surface area contributed by atoms with Gasteiger partial charge in [0.25, 0.3) is 0 Å². The molecule has 3 heterocycles. The number of rotatable bonds is 5. The molecule has 1 aliphatic rings. The summed E-state index contributed by atoms with van der Waals surface area (Å²) in [6, 6.07) is 6.87. The van der Waals surface area contributed by atoms with E-state index in [2.05, 4.69) is 26.3 Å². The summed E-state index contributed by atoms with van der Waals surface area (Å²) < 4.78 is 14.0. The number of nitrogens with zero attached hydrogens (tertiary/aromatic N) is 3. The van der Waals surface area contributed by atoms with Crippen molar-refractivity contribution in [3.63, 3.8) is 0 Å². The summed E-state index contributed by atoms with van der Waals surface area (Å²) >= 11 is 13.9. The molecular weight excluding hydrogens is 456 g/mol. The van der Waals surface area contributed by atoms with E-state index >= 15 is 0 Å². The van der Waals surface area contributed by atoms with E-state index in [9.17, 15) is 4.39 Å². The molecule has 0 amide bonds. The van der Waals surface area contributed by atoms with Crippen molar-refractivity contribution >= 4 is 46.5 Å². The number of halogens is 3. The van der Waals surface area contributed by atoms with Crippen LogP contribution in [-0.4, -0.2) is 36.1 Å². The molecule has 1 unspecified atom stereocenters. The fourth-order valence-corrected chi connectivity index (χ4v) is 5.49. The zero-order valence-electron chi connectivity index (χ0n) is 16.9. The van der Waals surface area contributed by atoms with Crippen LogP contribution in [0.3, 0.4) is 0 Å². The zero-order chi connectivity index (χ0) is 22.0. The molecule has 1 aliphatic heterocycles. The van der Waals surface area contributed by atoms with E-state index in [0.717, 1.165) is 47.9 Å². The highest BCUT2D eigenvalue weighted by Crippen LogP contribution is 2.44. The Morgan fingerprint density at radius 2 is 1.87 bits per heavy atom. The van der Waals surface area contributed by atoms with Gasteiger partial charge < -0.3 is 16.0 Å². The Balaban J connectivity index is 1.62. The summed E-state index contributed by atoms with van der Waals surface area (Å²) in [7, 11) is 0. The number of nitrogens with one attached hydrogen (secondary N) is 1. The number of thioether (sulfide) groups is 1. The highest BCUT2D eigenvalue weighted by Gasteiger charge is 2.20. The number of hydrogen-bond donors (Lipinski definition) is 2. The van der Waals surface area contributed by atoms with Crippen molar-refractivity contribution < 1.29 is 4.39 Å². The van der Waals surface area contributed by atoms with Gasteiger partial charge in [0, 0.05) is 65.5 Å². The van der Waals surface area contributed by atoms with Crippen molar-refractivity contribution in [2.45, 2.75) is 17.1 Å². The first-order valence-corrected chi connectivity index (χ1v) is 11.5. The number of nitrogen functional groups attached to an aromatic ring is 1. The molecule has 9 heteroatoms. The van der Waals surface area contributed by atoms with Crippen molar-refractivity contribution in [2.75, 3.05) is 36.8 Å². The minimum Gasteiger partial charge on any atom is -0.383 e. The molecule has 2 aromatic heterocycles. The Morgan fingerprint density at radius 1 is 1.13 bits per heavy atom. The normalized spacial score (nSPS) is 15.2. The number of pyridine rings is 2. The average Bonchev–Trinajstić information content (AvgIpc) is 2.79. The number of aromatic nitrogens is 2. The van der Waals surface area contributed by atoms with Gasteiger partial charge >= 0.3 is 0 Å². The van der Waals surface area contributed by atoms with Crippen molar-refractivity contribution in [1.82, 2.24) is 15.3 Å². The van der Waals surface area contributed by atoms with Crippen LogP contribution in [0.25, 0.3) is 11.1 Å². The van der Waals surface area contributed by atoms with Crippen LogP contribution in [0.2, 0.25) is 10.0 Å². The second-order valence-electron chi connectivity index (χ2n) is 7.29. The molecule has 0 saturated carbocycles. The molecule has 0 bridgehead atoms. The number of hydrogen-bond acceptors (Lipinski definition) is 6. The van der Waals surface area contributed by atoms with E-state index in [1.54, 1.807) is 6.20 Å². The lowest BCUT2D eigenvalue weighted by molar-refractivity contribution is 0.589. The van der Waals surface area contributed by atoms with Crippen molar-refractivity contribution in [3.8, 4) is 11.1 Å². The SMILES string of the molecule is CC(Sc1cc(-c2cncc(N3CCNCC3)c2)cnc1N)c1c(Cl)ccc(F)c1Cl. The lowest BCUT2D eigenvalue weighted by Crippen LogP contribution is -2.43. The van der Waals surface area contributed by atoms with Crippen molar-refractivity contribution in [2.24, 2.45) is 0 Å². The van der Waals surface area contributed by atoms with Gasteiger partial charge in [-0.1, -0.05) is 23.2 Å². The maximum atomic E-state index is 14.0. The molecule has 1 aromatic carbocycles. The summed E-state index contributed by atoms with van der Waals surface area (Å²) in [6.45, 7) is 5.71. The minimum atomic E-state index is -0.496. The van der Waals surface area contributed by atoms with E-state index in [4.69, 9.17) is 28.9 Å². The van der Waals surface area contributed by atoms with Gasteiger partial charge in [0.2, 0.25) is 0 Å². The van der Waals surface area contributed by atoms with Gasteiger partial charge in [-0.05, 0) is 31.2 Å². The molecule has 0 aliphatic carbocycles. The lowest BCUT2D eigenvalue weighted by Gasteiger charge is -2.29. The molecule has 162 valence electrons. The Bertz CT molecular complexity index is 1090. The van der Waals surface area contributed by atoms with Crippen LogP contribution < -0.4 is 16.0 Å². The Kier molecular flexibility index (Phi) is 6.86. The minimum absolute atomic E-state index is 0.0307. The number of nitrogens with two attached hydrogens (primary N) is 1. The van der Waals surface area contributed by atoms with Crippen molar-refractivity contribution in [1.29, 1.82) is 0 Å². The molecule has 0 radical (unpaired) electrons. The second kappa shape index (κ2) is 9.61. The van der Waals surface area contributed by atoms with Crippen LogP contribution >= 0.6 is 35.0 Å². The van der Waals surface area contributed by atoms with Gasteiger partial charge in [0.15, 0.2) is 0 Å². The first kappa shape index (κ1) is 22.1. The first-order valence-electron chi connectivity index (χ1n) is 9.90. The van der Waals surface area contributed by atoms with Crippen LogP contribution in [0, 0.1) is 5.82 Å². The molecule has 3 N–H and O–H groups in total. The van der Waals surface area contributed by atoms with Gasteiger partial charge in [-0.3, -0.25) is 4.98 Å². The average molecular weight is 478 g/mol. The Labute approximate surface area is 195 Å². The van der Waals surface area contributed by atoms with Crippen LogP contribution in [0.5, 0.6) is 0 Å². The fourth-order valence-electron chi connectivity index (χ4n) is 3.55. The van der Waals surface area contributed by atoms with Crippen LogP contribution in [0.4, 0.5) is 15.9 Å². The predicted molar refractivity (Wildman–Crippen MR) is 128 cm³/mol. The van der Waals surface area contributed by atoms with E-state index in [1.165, 1.54) is 23.9 Å². The largest absolute Gasteiger partial charge is 0.383 e. The number of benzene rings is 1. The molecule has 5 nitrogen and oxygen atoms in total. The summed E-state index contributed by atoms with van der Waals surface area (Å²) in [4.78, 5) is 11.9. The van der Waals surface area contributed by atoms with Crippen LogP contribution in [-0.2, 0) is 0 Å². The summed E-state index contributed by atoms with van der Waals surface area (Å²) in [5.74, 6) is -0.0976. The molecular formula is C22H22Cl2FN5S.